The van der Waals surface area contributed by atoms with Crippen molar-refractivity contribution < 1.29 is 8.42 Å². The van der Waals surface area contributed by atoms with Gasteiger partial charge >= 0.3 is 0 Å². The minimum Gasteiger partial charge on any atom is -0.354 e. The average Bonchev–Trinajstić information content (AvgIpc) is 2.46. The lowest BCUT2D eigenvalue weighted by atomic mass is 10.2. The molecule has 1 aromatic carbocycles. The Morgan fingerprint density at radius 1 is 1.33 bits per heavy atom. The molecule has 0 aliphatic carbocycles. The maximum atomic E-state index is 11.8. The standard InChI is InChI=1S/C14H14BrClN2O2S/c1-9-8-18(6-7-21(9,19)20)13-5-2-10-11(15)3-4-12(16)14(10)17-13/h2-5,9H,6-8H2,1H3. The highest BCUT2D eigenvalue weighted by Gasteiger charge is 2.30. The third kappa shape index (κ3) is 2.76. The van der Waals surface area contributed by atoms with Crippen molar-refractivity contribution in [3.8, 4) is 0 Å². The van der Waals surface area contributed by atoms with Crippen LogP contribution in [0, 0.1) is 0 Å². The van der Waals surface area contributed by atoms with E-state index in [0.29, 0.717) is 18.1 Å². The minimum atomic E-state index is -2.96. The summed E-state index contributed by atoms with van der Waals surface area (Å²) in [6.45, 7) is 2.68. The van der Waals surface area contributed by atoms with Crippen molar-refractivity contribution in [3.05, 3.63) is 33.8 Å². The van der Waals surface area contributed by atoms with Crippen LogP contribution in [-0.4, -0.2) is 37.5 Å². The van der Waals surface area contributed by atoms with Crippen LogP contribution in [0.1, 0.15) is 6.92 Å². The van der Waals surface area contributed by atoms with Crippen LogP contribution in [0.15, 0.2) is 28.7 Å². The van der Waals surface area contributed by atoms with Crippen LogP contribution in [0.2, 0.25) is 5.02 Å². The first kappa shape index (κ1) is 15.1. The molecule has 1 aromatic heterocycles. The SMILES string of the molecule is CC1CN(c2ccc3c(Br)ccc(Cl)c3n2)CCS1(=O)=O. The zero-order valence-corrected chi connectivity index (χ0v) is 14.5. The second kappa shape index (κ2) is 5.41. The van der Waals surface area contributed by atoms with Gasteiger partial charge in [0.15, 0.2) is 9.84 Å². The van der Waals surface area contributed by atoms with Gasteiger partial charge < -0.3 is 4.90 Å². The number of hydrogen-bond acceptors (Lipinski definition) is 4. The highest BCUT2D eigenvalue weighted by atomic mass is 79.9. The van der Waals surface area contributed by atoms with Crippen molar-refractivity contribution in [1.82, 2.24) is 4.98 Å². The van der Waals surface area contributed by atoms with Gasteiger partial charge in [0.1, 0.15) is 5.82 Å². The maximum Gasteiger partial charge on any atom is 0.156 e. The summed E-state index contributed by atoms with van der Waals surface area (Å²) in [7, 11) is -2.96. The molecular formula is C14H14BrClN2O2S. The third-order valence-electron chi connectivity index (χ3n) is 3.80. The molecule has 0 radical (unpaired) electrons. The average molecular weight is 390 g/mol. The van der Waals surface area contributed by atoms with Crippen LogP contribution in [0.5, 0.6) is 0 Å². The Labute approximate surface area is 137 Å². The summed E-state index contributed by atoms with van der Waals surface area (Å²) >= 11 is 9.70. The molecule has 1 atom stereocenters. The van der Waals surface area contributed by atoms with Crippen molar-refractivity contribution >= 4 is 54.1 Å². The van der Waals surface area contributed by atoms with Gasteiger partial charge in [-0.3, -0.25) is 0 Å². The molecule has 4 nitrogen and oxygen atoms in total. The van der Waals surface area contributed by atoms with Gasteiger partial charge in [0.05, 0.1) is 21.5 Å². The second-order valence-electron chi connectivity index (χ2n) is 5.22. The molecule has 21 heavy (non-hydrogen) atoms. The highest BCUT2D eigenvalue weighted by Crippen LogP contribution is 2.31. The Hall–Kier alpha value is -0.850. The molecule has 1 unspecified atom stereocenters. The predicted octanol–water partition coefficient (Wildman–Crippen LogP) is 3.27. The summed E-state index contributed by atoms with van der Waals surface area (Å²) in [5.41, 5.74) is 0.727. The lowest BCUT2D eigenvalue weighted by molar-refractivity contribution is 0.568. The zero-order valence-electron chi connectivity index (χ0n) is 11.4. The number of sulfone groups is 1. The lowest BCUT2D eigenvalue weighted by Crippen LogP contribution is -2.45. The van der Waals surface area contributed by atoms with Gasteiger partial charge in [0.25, 0.3) is 0 Å². The number of halogens is 2. The summed E-state index contributed by atoms with van der Waals surface area (Å²) < 4.78 is 24.5. The zero-order chi connectivity index (χ0) is 15.2. The third-order valence-corrected chi connectivity index (χ3v) is 6.92. The summed E-state index contributed by atoms with van der Waals surface area (Å²) in [5.74, 6) is 0.935. The van der Waals surface area contributed by atoms with Crippen molar-refractivity contribution in [2.75, 3.05) is 23.7 Å². The molecule has 0 amide bonds. The largest absolute Gasteiger partial charge is 0.354 e. The molecule has 112 valence electrons. The number of fused-ring (bicyclic) bond motifs is 1. The molecule has 0 bridgehead atoms. The Kier molecular flexibility index (Phi) is 3.88. The van der Waals surface area contributed by atoms with E-state index in [4.69, 9.17) is 11.6 Å². The van der Waals surface area contributed by atoms with E-state index < -0.39 is 9.84 Å². The monoisotopic (exact) mass is 388 g/mol. The number of pyridine rings is 1. The molecule has 1 aliphatic rings. The van der Waals surface area contributed by atoms with Crippen LogP contribution >= 0.6 is 27.5 Å². The molecule has 3 rings (SSSR count). The van der Waals surface area contributed by atoms with E-state index in [0.717, 1.165) is 21.2 Å². The van der Waals surface area contributed by atoms with Crippen LogP contribution < -0.4 is 4.90 Å². The van der Waals surface area contributed by atoms with E-state index in [1.54, 1.807) is 13.0 Å². The van der Waals surface area contributed by atoms with Gasteiger partial charge in [-0.05, 0) is 31.2 Å². The van der Waals surface area contributed by atoms with E-state index >= 15 is 0 Å². The fourth-order valence-electron chi connectivity index (χ4n) is 2.48. The molecule has 7 heteroatoms. The molecule has 0 spiro atoms. The second-order valence-corrected chi connectivity index (χ2v) is 9.02. The summed E-state index contributed by atoms with van der Waals surface area (Å²) in [6, 6.07) is 7.56. The maximum absolute atomic E-state index is 11.8. The minimum absolute atomic E-state index is 0.167. The van der Waals surface area contributed by atoms with Crippen molar-refractivity contribution in [1.29, 1.82) is 0 Å². The number of anilines is 1. The highest BCUT2D eigenvalue weighted by molar-refractivity contribution is 9.10. The van der Waals surface area contributed by atoms with E-state index in [1.165, 1.54) is 0 Å². The molecule has 2 aromatic rings. The van der Waals surface area contributed by atoms with Gasteiger partial charge in [-0.25, -0.2) is 13.4 Å². The van der Waals surface area contributed by atoms with Gasteiger partial charge in [-0.2, -0.15) is 0 Å². The quantitative estimate of drug-likeness (QED) is 0.751. The fourth-order valence-corrected chi connectivity index (χ4v) is 4.42. The van der Waals surface area contributed by atoms with Crippen LogP contribution in [-0.2, 0) is 9.84 Å². The Morgan fingerprint density at radius 3 is 2.81 bits per heavy atom. The number of benzene rings is 1. The lowest BCUT2D eigenvalue weighted by Gasteiger charge is -2.31. The van der Waals surface area contributed by atoms with Crippen molar-refractivity contribution in [3.63, 3.8) is 0 Å². The van der Waals surface area contributed by atoms with E-state index in [2.05, 4.69) is 20.9 Å². The van der Waals surface area contributed by atoms with Crippen molar-refractivity contribution in [2.45, 2.75) is 12.2 Å². The summed E-state index contributed by atoms with van der Waals surface area (Å²) in [4.78, 5) is 6.61. The molecule has 0 saturated carbocycles. The Balaban J connectivity index is 2.01. The smallest absolute Gasteiger partial charge is 0.156 e. The number of aromatic nitrogens is 1. The Bertz CT molecular complexity index is 810. The first-order valence-electron chi connectivity index (χ1n) is 6.60. The van der Waals surface area contributed by atoms with E-state index in [1.807, 2.05) is 23.1 Å². The first-order chi connectivity index (χ1) is 9.88. The molecule has 1 saturated heterocycles. The molecule has 1 fully saturated rings. The van der Waals surface area contributed by atoms with E-state index in [9.17, 15) is 8.42 Å². The normalized spacial score (nSPS) is 21.7. The van der Waals surface area contributed by atoms with Crippen LogP contribution in [0.3, 0.4) is 0 Å². The van der Waals surface area contributed by atoms with Crippen LogP contribution in [0.25, 0.3) is 10.9 Å². The van der Waals surface area contributed by atoms with Gasteiger partial charge in [0, 0.05) is 22.9 Å². The first-order valence-corrected chi connectivity index (χ1v) is 9.48. The molecule has 0 N–H and O–H groups in total. The van der Waals surface area contributed by atoms with Gasteiger partial charge in [0.2, 0.25) is 0 Å². The number of rotatable bonds is 1. The number of hydrogen-bond donors (Lipinski definition) is 0. The number of nitrogens with zero attached hydrogens (tertiary/aromatic N) is 2. The summed E-state index contributed by atoms with van der Waals surface area (Å²) in [6.07, 6.45) is 0. The van der Waals surface area contributed by atoms with E-state index in [-0.39, 0.29) is 11.0 Å². The Morgan fingerprint density at radius 2 is 2.10 bits per heavy atom. The van der Waals surface area contributed by atoms with Gasteiger partial charge in [-0.1, -0.05) is 27.5 Å². The molecule has 1 aliphatic heterocycles. The predicted molar refractivity (Wildman–Crippen MR) is 89.9 cm³/mol. The fraction of sp³-hybridized carbons (Fsp3) is 0.357. The topological polar surface area (TPSA) is 50.3 Å². The summed E-state index contributed by atoms with van der Waals surface area (Å²) in [5, 5.41) is 1.17. The molecular weight excluding hydrogens is 376 g/mol. The van der Waals surface area contributed by atoms with Crippen molar-refractivity contribution in [2.24, 2.45) is 0 Å². The van der Waals surface area contributed by atoms with Crippen LogP contribution in [0.4, 0.5) is 5.82 Å². The van der Waals surface area contributed by atoms with Gasteiger partial charge in [-0.15, -0.1) is 0 Å². The molecule has 2 heterocycles.